The lowest BCUT2D eigenvalue weighted by atomic mass is 9.87. The molecule has 2 amide bonds. The molecule has 0 radical (unpaired) electrons. The number of fused-ring (bicyclic) bond motifs is 3. The molecule has 1 aliphatic rings. The smallest absolute Gasteiger partial charge is 0.411 e. The first-order valence-electron chi connectivity index (χ1n) is 15.5. The van der Waals surface area contributed by atoms with Crippen LogP contribution in [0.1, 0.15) is 55.2 Å². The number of carbonyl (C=O) groups is 3. The lowest BCUT2D eigenvalue weighted by Crippen LogP contribution is -2.56. The first-order valence-corrected chi connectivity index (χ1v) is 15.5. The third-order valence-corrected chi connectivity index (χ3v) is 8.32. The minimum absolute atomic E-state index is 0.0139. The summed E-state index contributed by atoms with van der Waals surface area (Å²) in [5.41, 5.74) is 4.99. The molecule has 0 bridgehead atoms. The van der Waals surface area contributed by atoms with Gasteiger partial charge in [-0.1, -0.05) is 84.9 Å². The van der Waals surface area contributed by atoms with E-state index in [-0.39, 0.29) is 12.2 Å². The number of phenols is 1. The van der Waals surface area contributed by atoms with Crippen LogP contribution >= 0.6 is 0 Å². The highest BCUT2D eigenvalue weighted by atomic mass is 16.6. The fourth-order valence-electron chi connectivity index (χ4n) is 6.17. The predicted molar refractivity (Wildman–Crippen MR) is 179 cm³/mol. The van der Waals surface area contributed by atoms with Crippen molar-refractivity contribution in [3.05, 3.63) is 126 Å². The minimum atomic E-state index is -1.18. The van der Waals surface area contributed by atoms with E-state index in [4.69, 9.17) is 9.47 Å². The number of aromatic nitrogens is 1. The van der Waals surface area contributed by atoms with Crippen LogP contribution in [0.4, 0.5) is 4.79 Å². The Hall–Kier alpha value is -5.57. The Morgan fingerprint density at radius 1 is 0.872 bits per heavy atom. The fourth-order valence-corrected chi connectivity index (χ4v) is 6.17. The molecular formula is C38H37N3O6. The number of benzene rings is 4. The number of aromatic hydroxyl groups is 1. The van der Waals surface area contributed by atoms with Crippen molar-refractivity contribution in [2.45, 2.75) is 50.9 Å². The Morgan fingerprint density at radius 2 is 1.51 bits per heavy atom. The maximum Gasteiger partial charge on any atom is 0.411 e. The van der Waals surface area contributed by atoms with Crippen molar-refractivity contribution in [2.24, 2.45) is 0 Å². The Bertz CT molecular complexity index is 1910. The van der Waals surface area contributed by atoms with E-state index in [0.717, 1.165) is 38.9 Å². The summed E-state index contributed by atoms with van der Waals surface area (Å²) in [6.45, 7) is 5.33. The molecule has 4 aromatic carbocycles. The van der Waals surface area contributed by atoms with Crippen molar-refractivity contribution in [2.75, 3.05) is 7.11 Å². The van der Waals surface area contributed by atoms with E-state index in [1.54, 1.807) is 32.9 Å². The number of hydrogen-bond acceptors (Lipinski definition) is 6. The van der Waals surface area contributed by atoms with Gasteiger partial charge in [0.1, 0.15) is 23.4 Å². The summed E-state index contributed by atoms with van der Waals surface area (Å²) >= 11 is 0. The molecule has 6 rings (SSSR count). The zero-order valence-electron chi connectivity index (χ0n) is 26.7. The minimum Gasteiger partial charge on any atom is -0.508 e. The highest BCUT2D eigenvalue weighted by Gasteiger charge is 2.46. The summed E-state index contributed by atoms with van der Waals surface area (Å²) in [6.07, 6.45) is -0.495. The Kier molecular flexibility index (Phi) is 8.47. The maximum atomic E-state index is 14.4. The van der Waals surface area contributed by atoms with Crippen molar-refractivity contribution >= 4 is 28.9 Å². The van der Waals surface area contributed by atoms with Crippen LogP contribution in [0.15, 0.2) is 103 Å². The number of hydrogen-bond donors (Lipinski definition) is 3. The van der Waals surface area contributed by atoms with E-state index in [1.165, 1.54) is 24.1 Å². The molecule has 0 saturated heterocycles. The van der Waals surface area contributed by atoms with Crippen molar-refractivity contribution in [3.63, 3.8) is 0 Å². The van der Waals surface area contributed by atoms with Crippen LogP contribution in [0.3, 0.4) is 0 Å². The first-order chi connectivity index (χ1) is 22.5. The molecule has 1 aromatic heterocycles. The van der Waals surface area contributed by atoms with Crippen LogP contribution in [0.5, 0.6) is 5.75 Å². The summed E-state index contributed by atoms with van der Waals surface area (Å²) < 4.78 is 11.0. The normalized spacial score (nSPS) is 16.6. The molecule has 0 aliphatic carbocycles. The summed E-state index contributed by atoms with van der Waals surface area (Å²) in [4.78, 5) is 46.6. The van der Waals surface area contributed by atoms with Gasteiger partial charge in [-0.3, -0.25) is 9.69 Å². The average molecular weight is 632 g/mol. The zero-order valence-corrected chi connectivity index (χ0v) is 26.7. The number of amides is 2. The zero-order chi connectivity index (χ0) is 33.3. The molecule has 5 aromatic rings. The number of nitrogens with one attached hydrogen (secondary N) is 2. The molecule has 9 heteroatoms. The molecule has 9 nitrogen and oxygen atoms in total. The van der Waals surface area contributed by atoms with Crippen LogP contribution in [-0.2, 0) is 25.5 Å². The van der Waals surface area contributed by atoms with Crippen LogP contribution in [0, 0.1) is 0 Å². The van der Waals surface area contributed by atoms with Gasteiger partial charge in [0.05, 0.1) is 7.11 Å². The molecule has 3 atom stereocenters. The van der Waals surface area contributed by atoms with E-state index >= 15 is 0 Å². The number of aromatic amines is 1. The highest BCUT2D eigenvalue weighted by Crippen LogP contribution is 2.42. The summed E-state index contributed by atoms with van der Waals surface area (Å²) in [6, 6.07) is 28.7. The second-order valence-corrected chi connectivity index (χ2v) is 12.6. The van der Waals surface area contributed by atoms with Gasteiger partial charge >= 0.3 is 12.1 Å². The topological polar surface area (TPSA) is 121 Å². The number of nitrogens with zero attached hydrogens (tertiary/aromatic N) is 1. The van der Waals surface area contributed by atoms with Crippen molar-refractivity contribution in [1.29, 1.82) is 0 Å². The molecule has 0 fully saturated rings. The number of esters is 1. The van der Waals surface area contributed by atoms with Crippen molar-refractivity contribution in [3.8, 4) is 16.9 Å². The standard InChI is InChI=1S/C38H37N3O6/c1-38(2,3)47-37(45)41-31(35(43)40-32(36(44)46-4)25-18-20-27(42)21-19-25)22-29-28-12-8-9-13-30(28)39-33(29)34(41)26-16-14-24(15-17-26)23-10-6-5-7-11-23/h5-21,31-32,34,39,42H,22H2,1-4H3,(H,40,43)/t31?,32?,34-/m1/s1. The Labute approximate surface area is 273 Å². The Balaban J connectivity index is 1.48. The van der Waals surface area contributed by atoms with Gasteiger partial charge in [-0.2, -0.15) is 0 Å². The second-order valence-electron chi connectivity index (χ2n) is 12.6. The Morgan fingerprint density at radius 3 is 2.17 bits per heavy atom. The molecule has 240 valence electrons. The third kappa shape index (κ3) is 6.42. The number of H-pyrrole nitrogens is 1. The van der Waals surface area contributed by atoms with Crippen LogP contribution < -0.4 is 5.32 Å². The lowest BCUT2D eigenvalue weighted by molar-refractivity contribution is -0.146. The maximum absolute atomic E-state index is 14.4. The first kappa shape index (κ1) is 31.4. The predicted octanol–water partition coefficient (Wildman–Crippen LogP) is 6.82. The highest BCUT2D eigenvalue weighted by molar-refractivity contribution is 5.93. The van der Waals surface area contributed by atoms with Crippen LogP contribution in [0.25, 0.3) is 22.0 Å². The quantitative estimate of drug-likeness (QED) is 0.177. The molecular weight excluding hydrogens is 594 g/mol. The average Bonchev–Trinajstić information content (AvgIpc) is 3.44. The summed E-state index contributed by atoms with van der Waals surface area (Å²) in [7, 11) is 1.24. The van der Waals surface area contributed by atoms with Crippen LogP contribution in [-0.4, -0.2) is 51.7 Å². The van der Waals surface area contributed by atoms with Gasteiger partial charge < -0.3 is 24.9 Å². The molecule has 2 heterocycles. The van der Waals surface area contributed by atoms with Gasteiger partial charge in [-0.25, -0.2) is 9.59 Å². The molecule has 3 N–H and O–H groups in total. The van der Waals surface area contributed by atoms with Gasteiger partial charge in [0.2, 0.25) is 5.91 Å². The fraction of sp³-hybridized carbons (Fsp3) is 0.237. The monoisotopic (exact) mass is 631 g/mol. The number of ether oxygens (including phenoxy) is 2. The van der Waals surface area contributed by atoms with E-state index in [2.05, 4.69) is 10.3 Å². The number of phenolic OH excluding ortho intramolecular Hbond substituents is 1. The summed E-state index contributed by atoms with van der Waals surface area (Å²) in [5.74, 6) is -1.23. The second kappa shape index (κ2) is 12.7. The van der Waals surface area contributed by atoms with Gasteiger partial charge in [-0.15, -0.1) is 0 Å². The van der Waals surface area contributed by atoms with Gasteiger partial charge in [-0.05, 0) is 66.8 Å². The molecule has 0 spiro atoms. The molecule has 1 aliphatic heterocycles. The van der Waals surface area contributed by atoms with Crippen molar-refractivity contribution < 1.29 is 29.0 Å². The van der Waals surface area contributed by atoms with Gasteiger partial charge in [0.25, 0.3) is 0 Å². The number of carbonyl (C=O) groups excluding carboxylic acids is 3. The third-order valence-electron chi connectivity index (χ3n) is 8.32. The van der Waals surface area contributed by atoms with E-state index in [9.17, 15) is 19.5 Å². The molecule has 2 unspecified atom stereocenters. The SMILES string of the molecule is COC(=O)C(NC(=O)C1Cc2c([nH]c3ccccc23)[C@@H](c2ccc(-c3ccccc3)cc2)N1C(=O)OC(C)(C)C)c1ccc(O)cc1. The van der Waals surface area contributed by atoms with Crippen LogP contribution in [0.2, 0.25) is 0 Å². The van der Waals surface area contributed by atoms with Gasteiger partial charge in [0, 0.05) is 23.0 Å². The van der Waals surface area contributed by atoms with Crippen molar-refractivity contribution in [1.82, 2.24) is 15.2 Å². The number of methoxy groups -OCH3 is 1. The van der Waals surface area contributed by atoms with E-state index in [1.807, 2.05) is 78.9 Å². The largest absolute Gasteiger partial charge is 0.508 e. The van der Waals surface area contributed by atoms with E-state index in [0.29, 0.717) is 5.56 Å². The summed E-state index contributed by atoms with van der Waals surface area (Å²) in [5, 5.41) is 13.6. The van der Waals surface area contributed by atoms with Gasteiger partial charge in [0.15, 0.2) is 6.04 Å². The number of rotatable bonds is 6. The lowest BCUT2D eigenvalue weighted by Gasteiger charge is -2.42. The molecule has 47 heavy (non-hydrogen) atoms. The molecule has 0 saturated carbocycles. The van der Waals surface area contributed by atoms with E-state index < -0.39 is 41.7 Å². The number of para-hydroxylation sites is 1.